The molecule has 8 heteroatoms. The van der Waals surface area contributed by atoms with Gasteiger partial charge in [0.05, 0.1) is 12.0 Å². The number of carbonyl (C=O) groups excluding carboxylic acids is 1. The average molecular weight is 631 g/mol. The molecule has 0 radical (unpaired) electrons. The van der Waals surface area contributed by atoms with Crippen molar-refractivity contribution in [3.8, 4) is 0 Å². The van der Waals surface area contributed by atoms with Crippen LogP contribution in [-0.2, 0) is 14.3 Å². The molecule has 1 saturated heterocycles. The molecule has 4 saturated carbocycles. The maximum atomic E-state index is 14.1. The lowest BCUT2D eigenvalue weighted by Gasteiger charge is -2.71. The molecule has 5 unspecified atom stereocenters. The minimum Gasteiger partial charge on any atom is -0.481 e. The Balaban J connectivity index is 1.31. The summed E-state index contributed by atoms with van der Waals surface area (Å²) in [4.78, 5) is 27.1. The van der Waals surface area contributed by atoms with Crippen molar-refractivity contribution in [3.05, 3.63) is 11.6 Å². The molecule has 0 aromatic rings. The molecule has 5 aliphatic carbocycles. The number of hydrogen-bond acceptors (Lipinski definition) is 7. The van der Waals surface area contributed by atoms with Crippen LogP contribution in [0.2, 0.25) is 0 Å². The predicted molar refractivity (Wildman–Crippen MR) is 169 cm³/mol. The van der Waals surface area contributed by atoms with Crippen LogP contribution >= 0.6 is 0 Å². The number of ketones is 1. The third-order valence-electron chi connectivity index (χ3n) is 15.6. The lowest BCUT2D eigenvalue weighted by atomic mass is 9.33. The van der Waals surface area contributed by atoms with Gasteiger partial charge in [-0.3, -0.25) is 9.59 Å². The van der Waals surface area contributed by atoms with Crippen molar-refractivity contribution in [2.45, 2.75) is 143 Å². The number of carbonyl (C=O) groups is 2. The molecular formula is C37H58O8. The number of aliphatic hydroxyl groups excluding tert-OH is 4. The van der Waals surface area contributed by atoms with Crippen LogP contribution in [0.3, 0.4) is 0 Å². The van der Waals surface area contributed by atoms with Gasteiger partial charge in [-0.1, -0.05) is 60.1 Å². The van der Waals surface area contributed by atoms with E-state index in [1.54, 1.807) is 0 Å². The van der Waals surface area contributed by atoms with Gasteiger partial charge in [-0.05, 0) is 109 Å². The van der Waals surface area contributed by atoms with Crippen LogP contribution < -0.4 is 0 Å². The van der Waals surface area contributed by atoms with Gasteiger partial charge in [0, 0.05) is 5.92 Å². The predicted octanol–water partition coefficient (Wildman–Crippen LogP) is 4.90. The Morgan fingerprint density at radius 2 is 1.51 bits per heavy atom. The lowest BCUT2D eigenvalue weighted by molar-refractivity contribution is -0.233. The first-order valence-electron chi connectivity index (χ1n) is 17.6. The van der Waals surface area contributed by atoms with Crippen LogP contribution in [0.5, 0.6) is 0 Å². The number of carboxylic acids is 1. The van der Waals surface area contributed by atoms with Gasteiger partial charge in [0.25, 0.3) is 0 Å². The normalized spacial score (nSPS) is 51.9. The van der Waals surface area contributed by atoms with E-state index >= 15 is 0 Å². The van der Waals surface area contributed by atoms with Crippen molar-refractivity contribution >= 4 is 11.8 Å². The summed E-state index contributed by atoms with van der Waals surface area (Å²) in [7, 11) is 0. The fourth-order valence-corrected chi connectivity index (χ4v) is 12.7. The second-order valence-electron chi connectivity index (χ2n) is 18.2. The minimum atomic E-state index is -1.56. The molecule has 0 aromatic heterocycles. The third-order valence-corrected chi connectivity index (χ3v) is 15.6. The topological polar surface area (TPSA) is 145 Å². The first kappa shape index (κ1) is 33.6. The average Bonchev–Trinajstić information content (AvgIpc) is 2.95. The van der Waals surface area contributed by atoms with Gasteiger partial charge in [-0.15, -0.1) is 0 Å². The van der Waals surface area contributed by atoms with Gasteiger partial charge >= 0.3 is 5.97 Å². The highest BCUT2D eigenvalue weighted by Gasteiger charge is 2.70. The number of ether oxygens (including phenoxy) is 1. The zero-order valence-electron chi connectivity index (χ0n) is 28.5. The first-order chi connectivity index (χ1) is 20.8. The zero-order valence-corrected chi connectivity index (χ0v) is 28.5. The Hall–Kier alpha value is -1.32. The number of hydrogen-bond donors (Lipinski definition) is 5. The number of fused-ring (bicyclic) bond motifs is 7. The van der Waals surface area contributed by atoms with E-state index in [4.69, 9.17) is 4.74 Å². The van der Waals surface area contributed by atoms with Crippen LogP contribution in [0, 0.1) is 56.2 Å². The quantitative estimate of drug-likeness (QED) is 0.276. The molecule has 0 spiro atoms. The molecule has 6 rings (SSSR count). The van der Waals surface area contributed by atoms with E-state index in [0.29, 0.717) is 12.3 Å². The van der Waals surface area contributed by atoms with Crippen molar-refractivity contribution in [2.75, 3.05) is 6.61 Å². The molecule has 6 aliphatic rings. The van der Waals surface area contributed by atoms with Gasteiger partial charge in [-0.2, -0.15) is 0 Å². The number of allylic oxidation sites excluding steroid dienone is 2. The number of aliphatic carboxylic acids is 1. The van der Waals surface area contributed by atoms with Crippen LogP contribution in [0.1, 0.15) is 113 Å². The summed E-state index contributed by atoms with van der Waals surface area (Å²) < 4.78 is 5.75. The molecule has 254 valence electrons. The van der Waals surface area contributed by atoms with E-state index in [2.05, 4.69) is 54.5 Å². The fourth-order valence-electron chi connectivity index (χ4n) is 12.7. The summed E-state index contributed by atoms with van der Waals surface area (Å²) in [5, 5.41) is 51.8. The van der Waals surface area contributed by atoms with Gasteiger partial charge in [0.1, 0.15) is 30.5 Å². The van der Waals surface area contributed by atoms with E-state index in [0.717, 1.165) is 57.8 Å². The van der Waals surface area contributed by atoms with Crippen molar-refractivity contribution in [1.29, 1.82) is 0 Å². The molecule has 1 aliphatic heterocycles. The highest BCUT2D eigenvalue weighted by atomic mass is 16.5. The number of carboxylic acid groups (broad SMARTS) is 1. The van der Waals surface area contributed by atoms with E-state index < -0.39 is 53.9 Å². The summed E-state index contributed by atoms with van der Waals surface area (Å²) in [6.45, 7) is 15.8. The van der Waals surface area contributed by atoms with Gasteiger partial charge < -0.3 is 30.3 Å². The maximum Gasteiger partial charge on any atom is 0.310 e. The largest absolute Gasteiger partial charge is 0.481 e. The Morgan fingerprint density at radius 1 is 0.844 bits per heavy atom. The van der Waals surface area contributed by atoms with Crippen LogP contribution in [0.25, 0.3) is 0 Å². The van der Waals surface area contributed by atoms with E-state index in [9.17, 15) is 35.1 Å². The van der Waals surface area contributed by atoms with Crippen LogP contribution in [0.4, 0.5) is 0 Å². The Bertz CT molecular complexity index is 1250. The zero-order chi connectivity index (χ0) is 33.1. The molecule has 0 bridgehead atoms. The second-order valence-corrected chi connectivity index (χ2v) is 18.2. The monoisotopic (exact) mass is 630 g/mol. The Kier molecular flexibility index (Phi) is 7.90. The third kappa shape index (κ3) is 4.47. The SMILES string of the molecule is CC1(C)CC[C@]2(C(=O)O)CC[C@]3(C)C(=CCC4[C@@]5(C)CC[C@H](C(=O)[C@@H]6OC(CO)[C@@H](O)C(O)[C@@H]6O)C(C)(C)C5CC[C@]43C)C2C1. The maximum absolute atomic E-state index is 14.1. The standard InChI is InChI=1S/C37H58O8/c1-32(2)14-16-37(31(43)44)17-15-35(6)20(22(37)18-32)8-9-25-34(5)12-10-21(33(3,4)24(34)11-13-36(25,35)7)26(39)30-29(42)28(41)27(40)23(19-38)45-30/h8,21-25,27-30,38,40-42H,9-19H2,1-7H3,(H,43,44)/t21-,22?,23?,24?,25?,27-,28?,29+,30+,34+,35-,36-,37+/m1/s1. The smallest absolute Gasteiger partial charge is 0.310 e. The molecule has 0 aromatic carbocycles. The fraction of sp³-hybridized carbons (Fsp3) is 0.892. The Labute approximate surface area is 269 Å². The molecule has 1 heterocycles. The van der Waals surface area contributed by atoms with Gasteiger partial charge in [-0.25, -0.2) is 0 Å². The molecule has 5 N–H and O–H groups in total. The molecule has 45 heavy (non-hydrogen) atoms. The summed E-state index contributed by atoms with van der Waals surface area (Å²) in [6, 6.07) is 0. The minimum absolute atomic E-state index is 0.0127. The first-order valence-corrected chi connectivity index (χ1v) is 17.6. The molecular weight excluding hydrogens is 572 g/mol. The summed E-state index contributed by atoms with van der Waals surface area (Å²) in [5.74, 6) is -0.523. The summed E-state index contributed by atoms with van der Waals surface area (Å²) in [6.07, 6.45) is 4.19. The van der Waals surface area contributed by atoms with Crippen molar-refractivity contribution in [1.82, 2.24) is 0 Å². The summed E-state index contributed by atoms with van der Waals surface area (Å²) in [5.41, 5.74) is 0.396. The second kappa shape index (κ2) is 10.6. The van der Waals surface area contributed by atoms with Gasteiger partial charge in [0.15, 0.2) is 5.78 Å². The molecule has 13 atom stereocenters. The summed E-state index contributed by atoms with van der Waals surface area (Å²) >= 11 is 0. The molecule has 0 amide bonds. The lowest BCUT2D eigenvalue weighted by Crippen LogP contribution is -2.66. The molecule has 8 nitrogen and oxygen atoms in total. The van der Waals surface area contributed by atoms with Crippen LogP contribution in [-0.4, -0.2) is 74.4 Å². The highest BCUT2D eigenvalue weighted by Crippen LogP contribution is 2.76. The van der Waals surface area contributed by atoms with Crippen molar-refractivity contribution < 1.29 is 39.9 Å². The van der Waals surface area contributed by atoms with E-state index in [-0.39, 0.29) is 45.2 Å². The number of Topliss-reactive ketones (excluding diaryl/α,β-unsaturated/α-hetero) is 1. The highest BCUT2D eigenvalue weighted by molar-refractivity contribution is 5.87. The number of aliphatic hydroxyl groups is 4. The van der Waals surface area contributed by atoms with E-state index in [1.165, 1.54) is 5.57 Å². The van der Waals surface area contributed by atoms with Crippen molar-refractivity contribution in [3.63, 3.8) is 0 Å². The molecule has 5 fully saturated rings. The Morgan fingerprint density at radius 3 is 2.16 bits per heavy atom. The van der Waals surface area contributed by atoms with Gasteiger partial charge in [0.2, 0.25) is 0 Å². The van der Waals surface area contributed by atoms with Crippen molar-refractivity contribution in [2.24, 2.45) is 56.2 Å². The van der Waals surface area contributed by atoms with Crippen LogP contribution in [0.15, 0.2) is 11.6 Å². The van der Waals surface area contributed by atoms with E-state index in [1.807, 2.05) is 0 Å². The number of rotatable bonds is 4.